The van der Waals surface area contributed by atoms with Gasteiger partial charge >= 0.3 is 5.97 Å². The summed E-state index contributed by atoms with van der Waals surface area (Å²) in [5.41, 5.74) is 2.81. The predicted octanol–water partition coefficient (Wildman–Crippen LogP) is 6.62. The molecule has 3 saturated carbocycles. The number of nitrogens with zero attached hydrogens (tertiary/aromatic N) is 1. The smallest absolute Gasteiger partial charge is 0.335 e. The Labute approximate surface area is 190 Å². The minimum absolute atomic E-state index is 0.180. The average Bonchev–Trinajstić information content (AvgIpc) is 3.67. The van der Waals surface area contributed by atoms with Gasteiger partial charge in [-0.15, -0.1) is 0 Å². The maximum absolute atomic E-state index is 11.5. The summed E-state index contributed by atoms with van der Waals surface area (Å²) in [6, 6.07) is 10.9. The third-order valence-electron chi connectivity index (χ3n) is 6.72. The van der Waals surface area contributed by atoms with Crippen molar-refractivity contribution in [3.8, 4) is 11.8 Å². The molecule has 2 N–H and O–H groups in total. The van der Waals surface area contributed by atoms with Crippen LogP contribution in [0.2, 0.25) is 5.02 Å². The van der Waals surface area contributed by atoms with Crippen molar-refractivity contribution in [3.05, 3.63) is 52.0 Å². The molecule has 5 nitrogen and oxygen atoms in total. The minimum atomic E-state index is -0.942. The quantitative estimate of drug-likeness (QED) is 0.457. The summed E-state index contributed by atoms with van der Waals surface area (Å²) < 4.78 is 9.77. The molecule has 0 amide bonds. The van der Waals surface area contributed by atoms with Crippen LogP contribution in [0, 0.1) is 16.7 Å². The predicted molar refractivity (Wildman–Crippen MR) is 121 cm³/mol. The number of nitriles is 1. The van der Waals surface area contributed by atoms with E-state index in [1.807, 2.05) is 6.07 Å². The van der Waals surface area contributed by atoms with Gasteiger partial charge in [0.25, 0.3) is 0 Å². The number of hydrogen-bond acceptors (Lipinski definition) is 5. The Bertz CT molecular complexity index is 1090. The van der Waals surface area contributed by atoms with Gasteiger partial charge in [-0.1, -0.05) is 17.7 Å². The molecule has 5 rings (SSSR count). The number of rotatable bonds is 7. The van der Waals surface area contributed by atoms with Crippen LogP contribution in [0.3, 0.4) is 0 Å². The first-order valence-corrected chi connectivity index (χ1v) is 11.9. The monoisotopic (exact) mass is 454 g/mol. The highest BCUT2D eigenvalue weighted by Crippen LogP contribution is 2.59. The maximum Gasteiger partial charge on any atom is 0.335 e. The second-order valence-corrected chi connectivity index (χ2v) is 10.1. The van der Waals surface area contributed by atoms with Crippen LogP contribution >= 0.6 is 23.5 Å². The summed E-state index contributed by atoms with van der Waals surface area (Å²) in [5.74, 6) is 0.190. The minimum Gasteiger partial charge on any atom is -0.488 e. The molecule has 31 heavy (non-hydrogen) atoms. The summed E-state index contributed by atoms with van der Waals surface area (Å²) >= 11 is 7.69. The van der Waals surface area contributed by atoms with E-state index in [1.165, 1.54) is 37.6 Å². The number of carboxylic acid groups (broad SMARTS) is 1. The highest BCUT2D eigenvalue weighted by atomic mass is 35.5. The normalized spacial score (nSPS) is 21.0. The van der Waals surface area contributed by atoms with E-state index in [2.05, 4.69) is 10.8 Å². The first-order chi connectivity index (χ1) is 15.0. The van der Waals surface area contributed by atoms with Crippen LogP contribution in [0.25, 0.3) is 0 Å². The van der Waals surface area contributed by atoms with Crippen molar-refractivity contribution < 1.29 is 14.6 Å². The molecular formula is C24H23ClN2O3S. The third-order valence-corrected chi connectivity index (χ3v) is 7.93. The second-order valence-electron chi connectivity index (χ2n) is 8.84. The summed E-state index contributed by atoms with van der Waals surface area (Å²) in [6.45, 7) is 0. The van der Waals surface area contributed by atoms with Gasteiger partial charge < -0.3 is 14.6 Å². The summed E-state index contributed by atoms with van der Waals surface area (Å²) in [4.78, 5) is 12.3. The number of carbonyl (C=O) groups is 1. The number of nitrogens with one attached hydrogen (secondary N) is 1. The van der Waals surface area contributed by atoms with Gasteiger partial charge in [0.15, 0.2) is 0 Å². The third kappa shape index (κ3) is 4.09. The van der Waals surface area contributed by atoms with Gasteiger partial charge in [-0.25, -0.2) is 4.79 Å². The number of hydrogen-bond donors (Lipinski definition) is 2. The van der Waals surface area contributed by atoms with E-state index in [-0.39, 0.29) is 11.7 Å². The van der Waals surface area contributed by atoms with Gasteiger partial charge in [-0.3, -0.25) is 0 Å². The zero-order valence-corrected chi connectivity index (χ0v) is 18.6. The molecule has 1 unspecified atom stereocenters. The SMILES string of the molecule is N#Cc1cc(NSc2cc(C(=O)O)ccc2C2CC2)c(OC2CCCC23CC3)cc1Cl. The summed E-state index contributed by atoms with van der Waals surface area (Å²) in [7, 11) is 0. The summed E-state index contributed by atoms with van der Waals surface area (Å²) in [5, 5.41) is 19.2. The lowest BCUT2D eigenvalue weighted by Gasteiger charge is -2.23. The molecule has 2 aromatic rings. The van der Waals surface area contributed by atoms with Gasteiger partial charge in [-0.2, -0.15) is 5.26 Å². The first kappa shape index (κ1) is 20.5. The first-order valence-electron chi connectivity index (χ1n) is 10.7. The largest absolute Gasteiger partial charge is 0.488 e. The highest BCUT2D eigenvalue weighted by molar-refractivity contribution is 8.00. The lowest BCUT2D eigenvalue weighted by molar-refractivity contribution is 0.0696. The number of halogens is 1. The molecule has 0 bridgehead atoms. The molecule has 3 aliphatic rings. The van der Waals surface area contributed by atoms with Gasteiger partial charge in [0.2, 0.25) is 0 Å². The zero-order valence-electron chi connectivity index (χ0n) is 17.0. The number of anilines is 1. The van der Waals surface area contributed by atoms with E-state index in [9.17, 15) is 15.2 Å². The van der Waals surface area contributed by atoms with Crippen molar-refractivity contribution in [2.24, 2.45) is 5.41 Å². The van der Waals surface area contributed by atoms with Crippen molar-refractivity contribution >= 4 is 35.2 Å². The molecule has 0 saturated heterocycles. The Morgan fingerprint density at radius 3 is 2.71 bits per heavy atom. The molecule has 1 atom stereocenters. The molecule has 3 aliphatic carbocycles. The van der Waals surface area contributed by atoms with Crippen molar-refractivity contribution in [1.29, 1.82) is 5.26 Å². The van der Waals surface area contributed by atoms with Crippen molar-refractivity contribution in [1.82, 2.24) is 0 Å². The molecule has 0 aromatic heterocycles. The number of aromatic carboxylic acids is 1. The average molecular weight is 455 g/mol. The molecular weight excluding hydrogens is 432 g/mol. The van der Waals surface area contributed by atoms with Crippen LogP contribution in [0.4, 0.5) is 5.69 Å². The van der Waals surface area contributed by atoms with Gasteiger partial charge in [-0.05, 0) is 86.6 Å². The topological polar surface area (TPSA) is 82.4 Å². The standard InChI is InChI=1S/C24H23ClN2O3S/c25-18-12-20(30-22-2-1-7-24(22)8-9-24)19(10-16(18)13-26)27-31-21-11-15(23(28)29)5-6-17(21)14-3-4-14/h5-6,10-12,14,22,27H,1-4,7-9H2,(H,28,29). The van der Waals surface area contributed by atoms with Crippen LogP contribution in [-0.4, -0.2) is 17.2 Å². The second kappa shape index (κ2) is 7.96. The highest BCUT2D eigenvalue weighted by Gasteiger charge is 2.53. The van der Waals surface area contributed by atoms with Crippen LogP contribution < -0.4 is 9.46 Å². The van der Waals surface area contributed by atoms with E-state index in [4.69, 9.17) is 16.3 Å². The van der Waals surface area contributed by atoms with Crippen molar-refractivity contribution in [3.63, 3.8) is 0 Å². The van der Waals surface area contributed by atoms with Crippen molar-refractivity contribution in [2.45, 2.75) is 61.9 Å². The number of ether oxygens (including phenoxy) is 1. The molecule has 0 radical (unpaired) electrons. The zero-order chi connectivity index (χ0) is 21.6. The lowest BCUT2D eigenvalue weighted by atomic mass is 10.0. The van der Waals surface area contributed by atoms with E-state index in [1.54, 1.807) is 24.3 Å². The van der Waals surface area contributed by atoms with E-state index in [0.29, 0.717) is 33.4 Å². The molecule has 160 valence electrons. The summed E-state index contributed by atoms with van der Waals surface area (Å²) in [6.07, 6.45) is 8.29. The Morgan fingerprint density at radius 2 is 2.03 bits per heavy atom. The van der Waals surface area contributed by atoms with Crippen LogP contribution in [0.5, 0.6) is 5.75 Å². The number of benzene rings is 2. The fourth-order valence-corrected chi connectivity index (χ4v) is 5.71. The lowest BCUT2D eigenvalue weighted by Crippen LogP contribution is -2.22. The Kier molecular flexibility index (Phi) is 5.27. The van der Waals surface area contributed by atoms with Gasteiger partial charge in [0.05, 0.1) is 21.8 Å². The molecule has 1 spiro atoms. The van der Waals surface area contributed by atoms with Crippen LogP contribution in [0.15, 0.2) is 35.2 Å². The Morgan fingerprint density at radius 1 is 1.23 bits per heavy atom. The Hall–Kier alpha value is -2.36. The van der Waals surface area contributed by atoms with E-state index >= 15 is 0 Å². The molecule has 3 fully saturated rings. The van der Waals surface area contributed by atoms with Crippen LogP contribution in [0.1, 0.15) is 72.3 Å². The van der Waals surface area contributed by atoms with E-state index in [0.717, 1.165) is 29.7 Å². The molecule has 2 aromatic carbocycles. The van der Waals surface area contributed by atoms with Crippen LogP contribution in [-0.2, 0) is 0 Å². The fourth-order valence-electron chi connectivity index (χ4n) is 4.59. The van der Waals surface area contributed by atoms with Crippen molar-refractivity contribution in [2.75, 3.05) is 4.72 Å². The molecule has 0 heterocycles. The molecule has 7 heteroatoms. The number of carboxylic acids is 1. The van der Waals surface area contributed by atoms with E-state index < -0.39 is 5.97 Å². The molecule has 0 aliphatic heterocycles. The Balaban J connectivity index is 1.43. The fraction of sp³-hybridized carbons (Fsp3) is 0.417. The van der Waals surface area contributed by atoms with Gasteiger partial charge in [0, 0.05) is 16.4 Å². The maximum atomic E-state index is 11.5. The van der Waals surface area contributed by atoms with Gasteiger partial charge in [0.1, 0.15) is 17.9 Å².